The minimum atomic E-state index is -0.0366. The lowest BCUT2D eigenvalue weighted by Gasteiger charge is -2.32. The Morgan fingerprint density at radius 3 is 2.52 bits per heavy atom. The van der Waals surface area contributed by atoms with Gasteiger partial charge in [-0.05, 0) is 18.4 Å². The molecule has 0 spiro atoms. The van der Waals surface area contributed by atoms with E-state index in [1.807, 2.05) is 30.3 Å². The summed E-state index contributed by atoms with van der Waals surface area (Å²) < 4.78 is 0. The van der Waals surface area contributed by atoms with E-state index in [4.69, 9.17) is 4.84 Å². The summed E-state index contributed by atoms with van der Waals surface area (Å²) in [7, 11) is 0. The lowest BCUT2D eigenvalue weighted by atomic mass is 9.95. The molecule has 0 radical (unpaired) electrons. The maximum atomic E-state index is 12.7. The zero-order valence-electron chi connectivity index (χ0n) is 12.0. The molecule has 0 aromatic heterocycles. The molecule has 2 amide bonds. The number of rotatable bonds is 3. The van der Waals surface area contributed by atoms with Gasteiger partial charge in [-0.2, -0.15) is 0 Å². The molecule has 0 saturated carbocycles. The van der Waals surface area contributed by atoms with Gasteiger partial charge in [0.25, 0.3) is 0 Å². The average molecular weight is 288 g/mol. The summed E-state index contributed by atoms with van der Waals surface area (Å²) >= 11 is 0. The van der Waals surface area contributed by atoms with Gasteiger partial charge >= 0.3 is 0 Å². The molecule has 1 aromatic carbocycles. The molecule has 1 aromatic rings. The molecular formula is C16H20N2O3. The van der Waals surface area contributed by atoms with E-state index in [0.29, 0.717) is 19.7 Å². The predicted molar refractivity (Wildman–Crippen MR) is 77.0 cm³/mol. The number of nitrogens with zero attached hydrogens (tertiary/aromatic N) is 2. The molecule has 0 aliphatic carbocycles. The van der Waals surface area contributed by atoms with Crippen LogP contribution in [0.15, 0.2) is 30.3 Å². The number of piperidine rings is 1. The summed E-state index contributed by atoms with van der Waals surface area (Å²) in [6.45, 7) is 1.89. The van der Waals surface area contributed by atoms with Crippen molar-refractivity contribution in [2.75, 3.05) is 19.7 Å². The van der Waals surface area contributed by atoms with Gasteiger partial charge < -0.3 is 4.90 Å². The molecular weight excluding hydrogens is 268 g/mol. The van der Waals surface area contributed by atoms with E-state index in [0.717, 1.165) is 31.2 Å². The zero-order valence-corrected chi connectivity index (χ0v) is 12.0. The minimum absolute atomic E-state index is 0.0165. The fourth-order valence-corrected chi connectivity index (χ4v) is 3.10. The number of hydrogen-bond donors (Lipinski definition) is 0. The smallest absolute Gasteiger partial charge is 0.249 e. The second-order valence-electron chi connectivity index (χ2n) is 5.63. The van der Waals surface area contributed by atoms with Crippen LogP contribution in [0.2, 0.25) is 0 Å². The first-order valence-electron chi connectivity index (χ1n) is 7.50. The highest BCUT2D eigenvalue weighted by atomic mass is 16.7. The van der Waals surface area contributed by atoms with Crippen LogP contribution in [-0.2, 0) is 14.4 Å². The Bertz CT molecular complexity index is 498. The lowest BCUT2D eigenvalue weighted by Crippen LogP contribution is -2.41. The highest BCUT2D eigenvalue weighted by Crippen LogP contribution is 2.33. The Labute approximate surface area is 124 Å². The number of hydroxylamine groups is 2. The number of hydrogen-bond acceptors (Lipinski definition) is 3. The molecule has 1 unspecified atom stereocenters. The van der Waals surface area contributed by atoms with Crippen molar-refractivity contribution >= 4 is 12.3 Å². The molecule has 2 fully saturated rings. The van der Waals surface area contributed by atoms with Crippen LogP contribution in [0.3, 0.4) is 0 Å². The standard InChI is InChI=1S/C16H20N2O3/c19-12-17-9-6-14(7-10-17)16(20)18-15(8-11-21-18)13-4-2-1-3-5-13/h1-5,12,14-15H,6-11H2. The van der Waals surface area contributed by atoms with E-state index >= 15 is 0 Å². The summed E-state index contributed by atoms with van der Waals surface area (Å²) in [6, 6.07) is 10.0. The van der Waals surface area contributed by atoms with Crippen LogP contribution in [0.4, 0.5) is 0 Å². The maximum Gasteiger partial charge on any atom is 0.249 e. The summed E-state index contributed by atoms with van der Waals surface area (Å²) in [4.78, 5) is 30.7. The Hall–Kier alpha value is -1.88. The van der Waals surface area contributed by atoms with Gasteiger partial charge in [0.2, 0.25) is 12.3 Å². The topological polar surface area (TPSA) is 49.9 Å². The second-order valence-corrected chi connectivity index (χ2v) is 5.63. The molecule has 2 aliphatic rings. The number of amides is 2. The SMILES string of the molecule is O=CN1CCC(C(=O)N2OCCC2c2ccccc2)CC1. The fourth-order valence-electron chi connectivity index (χ4n) is 3.10. The molecule has 21 heavy (non-hydrogen) atoms. The van der Waals surface area contributed by atoms with E-state index in [9.17, 15) is 9.59 Å². The normalized spacial score (nSPS) is 23.3. The van der Waals surface area contributed by atoms with E-state index in [2.05, 4.69) is 0 Å². The molecule has 5 heteroatoms. The molecule has 5 nitrogen and oxygen atoms in total. The number of carbonyl (C=O) groups excluding carboxylic acids is 2. The third kappa shape index (κ3) is 2.93. The van der Waals surface area contributed by atoms with E-state index in [1.54, 1.807) is 9.96 Å². The monoisotopic (exact) mass is 288 g/mol. The van der Waals surface area contributed by atoms with E-state index in [1.165, 1.54) is 0 Å². The molecule has 0 N–H and O–H groups in total. The van der Waals surface area contributed by atoms with Crippen molar-refractivity contribution in [3.63, 3.8) is 0 Å². The zero-order chi connectivity index (χ0) is 14.7. The van der Waals surface area contributed by atoms with Gasteiger partial charge in [0.1, 0.15) is 0 Å². The first kappa shape index (κ1) is 14.1. The molecule has 3 rings (SSSR count). The summed E-state index contributed by atoms with van der Waals surface area (Å²) in [6.07, 6.45) is 3.14. The third-order valence-electron chi connectivity index (χ3n) is 4.33. The van der Waals surface area contributed by atoms with Crippen molar-refractivity contribution in [3.8, 4) is 0 Å². The molecule has 2 heterocycles. The van der Waals surface area contributed by atoms with E-state index in [-0.39, 0.29) is 17.9 Å². The maximum absolute atomic E-state index is 12.7. The van der Waals surface area contributed by atoms with Gasteiger partial charge in [-0.3, -0.25) is 14.4 Å². The van der Waals surface area contributed by atoms with E-state index < -0.39 is 0 Å². The molecule has 2 aliphatic heterocycles. The Kier molecular flexibility index (Phi) is 4.20. The van der Waals surface area contributed by atoms with Crippen LogP contribution in [-0.4, -0.2) is 42.0 Å². The minimum Gasteiger partial charge on any atom is -0.345 e. The van der Waals surface area contributed by atoms with Gasteiger partial charge in [-0.25, -0.2) is 5.06 Å². The van der Waals surface area contributed by atoms with Crippen LogP contribution >= 0.6 is 0 Å². The Morgan fingerprint density at radius 2 is 1.86 bits per heavy atom. The van der Waals surface area contributed by atoms with Crippen LogP contribution < -0.4 is 0 Å². The molecule has 112 valence electrons. The van der Waals surface area contributed by atoms with Crippen LogP contribution in [0.5, 0.6) is 0 Å². The predicted octanol–water partition coefficient (Wildman–Crippen LogP) is 1.76. The van der Waals surface area contributed by atoms with Crippen molar-refractivity contribution in [2.24, 2.45) is 5.92 Å². The van der Waals surface area contributed by atoms with Gasteiger partial charge in [0, 0.05) is 25.4 Å². The molecule has 0 bridgehead atoms. The quantitative estimate of drug-likeness (QED) is 0.796. The van der Waals surface area contributed by atoms with Crippen LogP contribution in [0.25, 0.3) is 0 Å². The van der Waals surface area contributed by atoms with Crippen LogP contribution in [0, 0.1) is 5.92 Å². The third-order valence-corrected chi connectivity index (χ3v) is 4.33. The number of likely N-dealkylation sites (tertiary alicyclic amines) is 1. The van der Waals surface area contributed by atoms with Gasteiger partial charge in [0.15, 0.2) is 0 Å². The van der Waals surface area contributed by atoms with Crippen molar-refractivity contribution in [2.45, 2.75) is 25.3 Å². The van der Waals surface area contributed by atoms with Crippen molar-refractivity contribution in [1.82, 2.24) is 9.96 Å². The Balaban J connectivity index is 1.68. The number of benzene rings is 1. The Morgan fingerprint density at radius 1 is 1.14 bits per heavy atom. The van der Waals surface area contributed by atoms with Crippen molar-refractivity contribution < 1.29 is 14.4 Å². The summed E-state index contributed by atoms with van der Waals surface area (Å²) in [5.74, 6) is 0.0254. The largest absolute Gasteiger partial charge is 0.345 e. The summed E-state index contributed by atoms with van der Waals surface area (Å²) in [5, 5.41) is 1.57. The first-order chi connectivity index (χ1) is 10.3. The highest BCUT2D eigenvalue weighted by molar-refractivity contribution is 5.78. The van der Waals surface area contributed by atoms with Gasteiger partial charge in [-0.15, -0.1) is 0 Å². The van der Waals surface area contributed by atoms with Gasteiger partial charge in [0.05, 0.1) is 12.6 Å². The molecule has 1 atom stereocenters. The average Bonchev–Trinajstić information content (AvgIpc) is 3.04. The fraction of sp³-hybridized carbons (Fsp3) is 0.500. The van der Waals surface area contributed by atoms with Crippen molar-refractivity contribution in [1.29, 1.82) is 0 Å². The lowest BCUT2D eigenvalue weighted by molar-refractivity contribution is -0.183. The van der Waals surface area contributed by atoms with Crippen LogP contribution in [0.1, 0.15) is 30.9 Å². The first-order valence-corrected chi connectivity index (χ1v) is 7.50. The highest BCUT2D eigenvalue weighted by Gasteiger charge is 2.36. The van der Waals surface area contributed by atoms with Gasteiger partial charge in [-0.1, -0.05) is 30.3 Å². The summed E-state index contributed by atoms with van der Waals surface area (Å²) in [5.41, 5.74) is 1.12. The molecule has 2 saturated heterocycles. The number of carbonyl (C=O) groups is 2. The van der Waals surface area contributed by atoms with Crippen molar-refractivity contribution in [3.05, 3.63) is 35.9 Å². The second kappa shape index (κ2) is 6.26.